The summed E-state index contributed by atoms with van der Waals surface area (Å²) >= 11 is 1.58. The molecule has 0 spiro atoms. The molecule has 2 heteroatoms. The summed E-state index contributed by atoms with van der Waals surface area (Å²) in [6.07, 6.45) is 2.32. The van der Waals surface area contributed by atoms with E-state index in [9.17, 15) is 4.79 Å². The smallest absolute Gasteiger partial charge is 0.160 e. The highest BCUT2D eigenvalue weighted by Crippen LogP contribution is 2.23. The monoisotopic (exact) mass is 212 g/mol. The van der Waals surface area contributed by atoms with E-state index in [-0.39, 0.29) is 15.9 Å². The SMILES string of the molecule is CSC(C)(C)C(=O)CC#CC(C)(C)C. The van der Waals surface area contributed by atoms with Crippen LogP contribution in [0.1, 0.15) is 41.0 Å². The van der Waals surface area contributed by atoms with Crippen molar-refractivity contribution in [3.05, 3.63) is 0 Å². The minimum atomic E-state index is -0.299. The van der Waals surface area contributed by atoms with E-state index in [1.54, 1.807) is 11.8 Å². The molecule has 0 N–H and O–H groups in total. The van der Waals surface area contributed by atoms with Crippen LogP contribution in [-0.2, 0) is 4.79 Å². The number of rotatable bonds is 3. The molecule has 0 saturated carbocycles. The highest BCUT2D eigenvalue weighted by Gasteiger charge is 2.24. The van der Waals surface area contributed by atoms with Gasteiger partial charge in [0.15, 0.2) is 5.78 Å². The molecule has 0 amide bonds. The van der Waals surface area contributed by atoms with Gasteiger partial charge in [-0.25, -0.2) is 0 Å². The Morgan fingerprint density at radius 2 is 1.71 bits per heavy atom. The van der Waals surface area contributed by atoms with Gasteiger partial charge in [0.05, 0.1) is 11.2 Å². The Kier molecular flexibility index (Phi) is 4.74. The Labute approximate surface area is 92.0 Å². The number of carbonyl (C=O) groups is 1. The number of ketones is 1. The van der Waals surface area contributed by atoms with E-state index in [1.165, 1.54) is 0 Å². The highest BCUT2D eigenvalue weighted by atomic mass is 32.2. The van der Waals surface area contributed by atoms with E-state index in [1.807, 2.05) is 40.9 Å². The molecule has 0 radical (unpaired) electrons. The fraction of sp³-hybridized carbons (Fsp3) is 0.750. The van der Waals surface area contributed by atoms with Crippen LogP contribution in [0.3, 0.4) is 0 Å². The van der Waals surface area contributed by atoms with E-state index in [0.717, 1.165) is 0 Å². The van der Waals surface area contributed by atoms with Crippen LogP contribution < -0.4 is 0 Å². The number of thioether (sulfide) groups is 1. The van der Waals surface area contributed by atoms with Gasteiger partial charge in [-0.3, -0.25) is 4.79 Å². The van der Waals surface area contributed by atoms with Crippen molar-refractivity contribution in [2.75, 3.05) is 6.26 Å². The quantitative estimate of drug-likeness (QED) is 0.669. The van der Waals surface area contributed by atoms with E-state index in [2.05, 4.69) is 11.8 Å². The molecule has 1 nitrogen and oxygen atoms in total. The number of hydrogen-bond donors (Lipinski definition) is 0. The predicted octanol–water partition coefficient (Wildman–Crippen LogP) is 3.14. The van der Waals surface area contributed by atoms with Crippen molar-refractivity contribution in [2.45, 2.75) is 45.8 Å². The largest absolute Gasteiger partial charge is 0.297 e. The van der Waals surface area contributed by atoms with Crippen LogP contribution >= 0.6 is 11.8 Å². The maximum Gasteiger partial charge on any atom is 0.160 e. The molecule has 0 aromatic carbocycles. The Bertz CT molecular complexity index is 260. The van der Waals surface area contributed by atoms with E-state index < -0.39 is 0 Å². The normalized spacial score (nSPS) is 11.9. The molecule has 14 heavy (non-hydrogen) atoms. The summed E-state index contributed by atoms with van der Waals surface area (Å²) in [5, 5.41) is 0. The first-order valence-electron chi connectivity index (χ1n) is 4.77. The third kappa shape index (κ3) is 5.34. The van der Waals surface area contributed by atoms with Crippen LogP contribution in [0.2, 0.25) is 0 Å². The van der Waals surface area contributed by atoms with Gasteiger partial charge in [0.1, 0.15) is 0 Å². The Hall–Kier alpha value is -0.420. The zero-order valence-corrected chi connectivity index (χ0v) is 10.8. The summed E-state index contributed by atoms with van der Waals surface area (Å²) in [5.41, 5.74) is -0.0101. The maximum atomic E-state index is 11.7. The van der Waals surface area contributed by atoms with Gasteiger partial charge in [-0.15, -0.1) is 0 Å². The van der Waals surface area contributed by atoms with E-state index in [0.29, 0.717) is 6.42 Å². The summed E-state index contributed by atoms with van der Waals surface area (Å²) in [4.78, 5) is 11.7. The zero-order chi connectivity index (χ0) is 11.4. The van der Waals surface area contributed by atoms with Gasteiger partial charge in [-0.05, 0) is 40.9 Å². The van der Waals surface area contributed by atoms with Gasteiger partial charge < -0.3 is 0 Å². The fourth-order valence-corrected chi connectivity index (χ4v) is 1.02. The lowest BCUT2D eigenvalue weighted by molar-refractivity contribution is -0.119. The first kappa shape index (κ1) is 13.6. The second kappa shape index (κ2) is 4.89. The molecule has 0 rings (SSSR count). The summed E-state index contributed by atoms with van der Waals surface area (Å²) in [5.74, 6) is 6.23. The molecule has 80 valence electrons. The minimum Gasteiger partial charge on any atom is -0.297 e. The topological polar surface area (TPSA) is 17.1 Å². The Morgan fingerprint density at radius 1 is 1.21 bits per heavy atom. The highest BCUT2D eigenvalue weighted by molar-refractivity contribution is 8.00. The summed E-state index contributed by atoms with van der Waals surface area (Å²) < 4.78 is -0.299. The van der Waals surface area contributed by atoms with E-state index in [4.69, 9.17) is 0 Å². The van der Waals surface area contributed by atoms with Crippen LogP contribution in [0.25, 0.3) is 0 Å². The van der Waals surface area contributed by atoms with Crippen LogP contribution in [0, 0.1) is 17.3 Å². The molecule has 0 unspecified atom stereocenters. The lowest BCUT2D eigenvalue weighted by Gasteiger charge is -2.18. The number of hydrogen-bond acceptors (Lipinski definition) is 2. The van der Waals surface area contributed by atoms with Crippen molar-refractivity contribution in [1.82, 2.24) is 0 Å². The second-order valence-electron chi connectivity index (χ2n) is 4.87. The molecular formula is C12H20OS. The average molecular weight is 212 g/mol. The van der Waals surface area contributed by atoms with Gasteiger partial charge in [-0.2, -0.15) is 11.8 Å². The molecule has 0 aromatic heterocycles. The number of Topliss-reactive ketones (excluding diaryl/α,β-unsaturated/α-hetero) is 1. The van der Waals surface area contributed by atoms with Crippen molar-refractivity contribution < 1.29 is 4.79 Å². The standard InChI is InChI=1S/C12H20OS/c1-11(2,3)9-7-8-10(13)12(4,5)14-6/h8H2,1-6H3. The first-order chi connectivity index (χ1) is 6.19. The molecule has 0 heterocycles. The summed E-state index contributed by atoms with van der Waals surface area (Å²) in [6, 6.07) is 0. The van der Waals surface area contributed by atoms with Gasteiger partial charge in [-0.1, -0.05) is 11.8 Å². The lowest BCUT2D eigenvalue weighted by Crippen LogP contribution is -2.26. The third-order valence-corrected chi connectivity index (χ3v) is 3.14. The third-order valence-electron chi connectivity index (χ3n) is 1.89. The number of carbonyl (C=O) groups excluding carboxylic acids is 1. The van der Waals surface area contributed by atoms with Crippen LogP contribution in [0.5, 0.6) is 0 Å². The fourth-order valence-electron chi connectivity index (χ4n) is 0.716. The molecule has 0 saturated heterocycles. The molecule has 0 aromatic rings. The van der Waals surface area contributed by atoms with Crippen molar-refractivity contribution in [2.24, 2.45) is 5.41 Å². The predicted molar refractivity (Wildman–Crippen MR) is 64.4 cm³/mol. The van der Waals surface area contributed by atoms with Gasteiger partial charge in [0, 0.05) is 5.41 Å². The first-order valence-corrected chi connectivity index (χ1v) is 6.00. The molecule has 0 atom stereocenters. The van der Waals surface area contributed by atoms with Crippen molar-refractivity contribution in [1.29, 1.82) is 0 Å². The molecule has 0 aliphatic carbocycles. The van der Waals surface area contributed by atoms with Crippen molar-refractivity contribution >= 4 is 17.5 Å². The van der Waals surface area contributed by atoms with Crippen LogP contribution in [0.4, 0.5) is 0 Å². The Balaban J connectivity index is 4.28. The van der Waals surface area contributed by atoms with Crippen LogP contribution in [0.15, 0.2) is 0 Å². The zero-order valence-electron chi connectivity index (χ0n) is 10.0. The molecule has 0 fully saturated rings. The summed E-state index contributed by atoms with van der Waals surface area (Å²) in [6.45, 7) is 10.0. The van der Waals surface area contributed by atoms with Crippen LogP contribution in [-0.4, -0.2) is 16.8 Å². The molecule has 0 bridgehead atoms. The van der Waals surface area contributed by atoms with Crippen molar-refractivity contribution in [3.63, 3.8) is 0 Å². The molecule has 0 aliphatic heterocycles. The second-order valence-corrected chi connectivity index (χ2v) is 6.30. The van der Waals surface area contributed by atoms with E-state index >= 15 is 0 Å². The average Bonchev–Trinajstić information content (AvgIpc) is 2.02. The Morgan fingerprint density at radius 3 is 2.07 bits per heavy atom. The van der Waals surface area contributed by atoms with Gasteiger partial charge in [0.2, 0.25) is 0 Å². The van der Waals surface area contributed by atoms with Crippen molar-refractivity contribution in [3.8, 4) is 11.8 Å². The molecular weight excluding hydrogens is 192 g/mol. The van der Waals surface area contributed by atoms with Gasteiger partial charge in [0.25, 0.3) is 0 Å². The molecule has 0 aliphatic rings. The van der Waals surface area contributed by atoms with Gasteiger partial charge >= 0.3 is 0 Å². The summed E-state index contributed by atoms with van der Waals surface area (Å²) in [7, 11) is 0. The maximum absolute atomic E-state index is 11.7. The minimum absolute atomic E-state index is 0.0101. The lowest BCUT2D eigenvalue weighted by atomic mass is 9.97.